The number of halogens is 1. The molecule has 14 heavy (non-hydrogen) atoms. The molecule has 1 N–H and O–H groups in total. The van der Waals surface area contributed by atoms with E-state index in [2.05, 4.69) is 40.1 Å². The molecule has 1 aromatic heterocycles. The summed E-state index contributed by atoms with van der Waals surface area (Å²) >= 11 is 3.35. The van der Waals surface area contributed by atoms with Crippen molar-refractivity contribution in [3.63, 3.8) is 0 Å². The molecule has 1 rings (SSSR count). The van der Waals surface area contributed by atoms with Gasteiger partial charge in [0.15, 0.2) is 5.82 Å². The first-order valence-electron chi connectivity index (χ1n) is 4.43. The zero-order valence-electron chi connectivity index (χ0n) is 8.76. The molecule has 1 aromatic rings. The topological polar surface area (TPSA) is 46.9 Å². The van der Waals surface area contributed by atoms with Crippen LogP contribution in [0.25, 0.3) is 0 Å². The van der Waals surface area contributed by atoms with Gasteiger partial charge in [-0.15, -0.1) is 0 Å². The van der Waals surface area contributed by atoms with Gasteiger partial charge in [-0.3, -0.25) is 4.79 Å². The summed E-state index contributed by atoms with van der Waals surface area (Å²) in [5, 5.41) is 2.56. The third kappa shape index (κ3) is 1.82. The Bertz CT molecular complexity index is 357. The van der Waals surface area contributed by atoms with Gasteiger partial charge in [-0.05, 0) is 21.8 Å². The Kier molecular flexibility index (Phi) is 3.31. The quantitative estimate of drug-likeness (QED) is 0.879. The van der Waals surface area contributed by atoms with Crippen LogP contribution < -0.4 is 5.32 Å². The summed E-state index contributed by atoms with van der Waals surface area (Å²) in [5.74, 6) is 0.600. The van der Waals surface area contributed by atoms with Gasteiger partial charge in [-0.2, -0.15) is 0 Å². The highest BCUT2D eigenvalue weighted by atomic mass is 79.9. The lowest BCUT2D eigenvalue weighted by atomic mass is 10.1. The minimum Gasteiger partial charge on any atom is -0.352 e. The van der Waals surface area contributed by atoms with Crippen LogP contribution in [0.2, 0.25) is 0 Å². The molecule has 0 spiro atoms. The molecule has 78 valence electrons. The summed E-state index contributed by atoms with van der Waals surface area (Å²) in [7, 11) is 3.44. The van der Waals surface area contributed by atoms with Crippen LogP contribution in [0.1, 0.15) is 36.1 Å². The number of imidazole rings is 1. The molecule has 0 saturated carbocycles. The Morgan fingerprint density at radius 3 is 2.50 bits per heavy atom. The average molecular weight is 260 g/mol. The molecule has 0 atom stereocenters. The fourth-order valence-electron chi connectivity index (χ4n) is 1.42. The van der Waals surface area contributed by atoms with Crippen LogP contribution in [-0.4, -0.2) is 22.5 Å². The number of hydrogen-bond acceptors (Lipinski definition) is 2. The van der Waals surface area contributed by atoms with Gasteiger partial charge >= 0.3 is 0 Å². The minimum atomic E-state index is -0.167. The molecule has 4 nitrogen and oxygen atoms in total. The maximum Gasteiger partial charge on any atom is 0.287 e. The molecule has 0 aliphatic carbocycles. The lowest BCUT2D eigenvalue weighted by Gasteiger charge is -2.07. The average Bonchev–Trinajstić information content (AvgIpc) is 2.40. The van der Waals surface area contributed by atoms with Crippen molar-refractivity contribution in [2.45, 2.75) is 19.8 Å². The van der Waals surface area contributed by atoms with E-state index in [0.717, 1.165) is 10.3 Å². The van der Waals surface area contributed by atoms with Gasteiger partial charge < -0.3 is 9.88 Å². The van der Waals surface area contributed by atoms with Crippen LogP contribution in [0, 0.1) is 0 Å². The molecule has 0 aliphatic heterocycles. The summed E-state index contributed by atoms with van der Waals surface area (Å²) in [6, 6.07) is 0. The summed E-state index contributed by atoms with van der Waals surface area (Å²) in [6.07, 6.45) is 0. The van der Waals surface area contributed by atoms with Crippen LogP contribution in [0.4, 0.5) is 0 Å². The van der Waals surface area contributed by atoms with Gasteiger partial charge in [-0.25, -0.2) is 4.98 Å². The standard InChI is InChI=1S/C9H14BrN3O/c1-5(2)6-7(10)12-8(13(6)4)9(14)11-3/h5H,1-4H3,(H,11,14). The summed E-state index contributed by atoms with van der Waals surface area (Å²) in [5.41, 5.74) is 1.03. The van der Waals surface area contributed by atoms with Gasteiger partial charge in [0.2, 0.25) is 0 Å². The molecule has 0 bridgehead atoms. The number of hydrogen-bond donors (Lipinski definition) is 1. The number of carbonyl (C=O) groups excluding carboxylic acids is 1. The molecule has 0 unspecified atom stereocenters. The van der Waals surface area contributed by atoms with Crippen molar-refractivity contribution >= 4 is 21.8 Å². The summed E-state index contributed by atoms with van der Waals surface area (Å²) < 4.78 is 2.56. The van der Waals surface area contributed by atoms with Crippen molar-refractivity contribution in [3.05, 3.63) is 16.1 Å². The Balaban J connectivity index is 3.23. The minimum absolute atomic E-state index is 0.167. The zero-order chi connectivity index (χ0) is 10.9. The molecule has 0 fully saturated rings. The van der Waals surface area contributed by atoms with Crippen LogP contribution in [0.5, 0.6) is 0 Å². The number of amides is 1. The normalized spacial score (nSPS) is 10.7. The largest absolute Gasteiger partial charge is 0.352 e. The SMILES string of the molecule is CNC(=O)c1nc(Br)c(C(C)C)n1C. The van der Waals surface area contributed by atoms with Gasteiger partial charge in [-0.1, -0.05) is 13.8 Å². The van der Waals surface area contributed by atoms with E-state index in [4.69, 9.17) is 0 Å². The van der Waals surface area contributed by atoms with Crippen LogP contribution in [0.15, 0.2) is 4.60 Å². The van der Waals surface area contributed by atoms with Crippen molar-refractivity contribution in [3.8, 4) is 0 Å². The van der Waals surface area contributed by atoms with Crippen LogP contribution in [0.3, 0.4) is 0 Å². The van der Waals surface area contributed by atoms with Crippen LogP contribution >= 0.6 is 15.9 Å². The van der Waals surface area contributed by atoms with Gasteiger partial charge in [0, 0.05) is 14.1 Å². The second kappa shape index (κ2) is 4.13. The molecule has 1 heterocycles. The Hall–Kier alpha value is -0.840. The van der Waals surface area contributed by atoms with Crippen LogP contribution in [-0.2, 0) is 7.05 Å². The van der Waals surface area contributed by atoms with Gasteiger partial charge in [0.1, 0.15) is 4.60 Å². The second-order valence-corrected chi connectivity index (χ2v) is 4.16. The summed E-state index contributed by atoms with van der Waals surface area (Å²) in [6.45, 7) is 4.13. The fraction of sp³-hybridized carbons (Fsp3) is 0.556. The maximum absolute atomic E-state index is 11.4. The molecular formula is C9H14BrN3O. The number of aromatic nitrogens is 2. The van der Waals surface area contributed by atoms with E-state index in [-0.39, 0.29) is 5.91 Å². The zero-order valence-corrected chi connectivity index (χ0v) is 10.3. The van der Waals surface area contributed by atoms with E-state index in [1.54, 1.807) is 7.05 Å². The van der Waals surface area contributed by atoms with E-state index in [0.29, 0.717) is 11.7 Å². The molecule has 0 aliphatic rings. The Labute approximate surface area is 91.8 Å². The van der Waals surface area contributed by atoms with Crippen molar-refractivity contribution in [1.82, 2.24) is 14.9 Å². The second-order valence-electron chi connectivity index (χ2n) is 3.40. The van der Waals surface area contributed by atoms with E-state index < -0.39 is 0 Å². The van der Waals surface area contributed by atoms with Gasteiger partial charge in [0.25, 0.3) is 5.91 Å². The first-order chi connectivity index (χ1) is 6.49. The first kappa shape index (κ1) is 11.2. The third-order valence-corrected chi connectivity index (χ3v) is 2.66. The van der Waals surface area contributed by atoms with Crippen molar-refractivity contribution in [2.75, 3.05) is 7.05 Å². The van der Waals surface area contributed by atoms with Crippen molar-refractivity contribution in [2.24, 2.45) is 7.05 Å². The van der Waals surface area contributed by atoms with Crippen molar-refractivity contribution < 1.29 is 4.79 Å². The number of nitrogens with one attached hydrogen (secondary N) is 1. The molecule has 0 aromatic carbocycles. The monoisotopic (exact) mass is 259 g/mol. The predicted octanol–water partition coefficient (Wildman–Crippen LogP) is 1.67. The lowest BCUT2D eigenvalue weighted by molar-refractivity contribution is 0.0949. The van der Waals surface area contributed by atoms with Gasteiger partial charge in [0.05, 0.1) is 5.69 Å². The third-order valence-electron chi connectivity index (χ3n) is 2.07. The molecular weight excluding hydrogens is 246 g/mol. The molecule has 0 saturated heterocycles. The lowest BCUT2D eigenvalue weighted by Crippen LogP contribution is -2.22. The Morgan fingerprint density at radius 2 is 2.14 bits per heavy atom. The fourth-order valence-corrected chi connectivity index (χ4v) is 2.31. The highest BCUT2D eigenvalue weighted by Gasteiger charge is 2.19. The Morgan fingerprint density at radius 1 is 1.57 bits per heavy atom. The molecule has 1 amide bonds. The number of carbonyl (C=O) groups is 1. The molecule has 0 radical (unpaired) electrons. The maximum atomic E-state index is 11.4. The van der Waals surface area contributed by atoms with E-state index in [1.807, 2.05) is 11.6 Å². The number of rotatable bonds is 2. The van der Waals surface area contributed by atoms with E-state index >= 15 is 0 Å². The van der Waals surface area contributed by atoms with E-state index in [9.17, 15) is 4.79 Å². The molecule has 5 heteroatoms. The smallest absolute Gasteiger partial charge is 0.287 e. The van der Waals surface area contributed by atoms with Crippen molar-refractivity contribution in [1.29, 1.82) is 0 Å². The predicted molar refractivity (Wildman–Crippen MR) is 58.4 cm³/mol. The van der Waals surface area contributed by atoms with E-state index in [1.165, 1.54) is 0 Å². The highest BCUT2D eigenvalue weighted by Crippen LogP contribution is 2.24. The number of nitrogens with zero attached hydrogens (tertiary/aromatic N) is 2. The first-order valence-corrected chi connectivity index (χ1v) is 5.22. The summed E-state index contributed by atoms with van der Waals surface area (Å²) in [4.78, 5) is 15.6. The highest BCUT2D eigenvalue weighted by molar-refractivity contribution is 9.10.